The van der Waals surface area contributed by atoms with Crippen LogP contribution in [-0.2, 0) is 4.79 Å². The predicted octanol–water partition coefficient (Wildman–Crippen LogP) is 0.684. The number of nitrogens with zero attached hydrogens (tertiary/aromatic N) is 1. The van der Waals surface area contributed by atoms with Crippen LogP contribution in [0, 0.1) is 11.8 Å². The molecule has 0 aromatic heterocycles. The van der Waals surface area contributed by atoms with E-state index in [1.54, 1.807) is 0 Å². The molecule has 1 saturated carbocycles. The van der Waals surface area contributed by atoms with Gasteiger partial charge in [-0.25, -0.2) is 5.43 Å². The van der Waals surface area contributed by atoms with Gasteiger partial charge < -0.3 is 0 Å². The summed E-state index contributed by atoms with van der Waals surface area (Å²) in [7, 11) is 0. The summed E-state index contributed by atoms with van der Waals surface area (Å²) in [6, 6.07) is 0. The molecule has 0 saturated heterocycles. The number of rotatable bonds is 2. The van der Waals surface area contributed by atoms with Crippen LogP contribution < -0.4 is 5.43 Å². The summed E-state index contributed by atoms with van der Waals surface area (Å²) >= 11 is 0. The monoisotopic (exact) mass is 150 g/mol. The minimum absolute atomic E-state index is 0.599. The van der Waals surface area contributed by atoms with Crippen LogP contribution in [0.15, 0.2) is 17.3 Å². The van der Waals surface area contributed by atoms with Crippen molar-refractivity contribution in [2.75, 3.05) is 0 Å². The quantitative estimate of drug-likeness (QED) is 0.351. The van der Waals surface area contributed by atoms with E-state index in [9.17, 15) is 4.79 Å². The Bertz CT molecular complexity index is 232. The molecule has 0 spiro atoms. The Morgan fingerprint density at radius 3 is 3.36 bits per heavy atom. The second-order valence-electron chi connectivity index (χ2n) is 2.99. The zero-order chi connectivity index (χ0) is 7.68. The first-order valence-electron chi connectivity index (χ1n) is 3.84. The summed E-state index contributed by atoms with van der Waals surface area (Å²) < 4.78 is 0. The fourth-order valence-electron chi connectivity index (χ4n) is 1.77. The lowest BCUT2D eigenvalue weighted by atomic mass is 9.74. The Morgan fingerprint density at radius 2 is 2.64 bits per heavy atom. The van der Waals surface area contributed by atoms with Crippen molar-refractivity contribution >= 4 is 12.1 Å². The predicted molar refractivity (Wildman–Crippen MR) is 42.0 cm³/mol. The van der Waals surface area contributed by atoms with E-state index in [1.807, 2.05) is 0 Å². The number of allylic oxidation sites excluding steroid dienone is 2. The zero-order valence-corrected chi connectivity index (χ0v) is 6.16. The first-order chi connectivity index (χ1) is 5.42. The molecule has 11 heavy (non-hydrogen) atoms. The van der Waals surface area contributed by atoms with Crippen LogP contribution in [-0.4, -0.2) is 12.1 Å². The van der Waals surface area contributed by atoms with E-state index in [0.717, 1.165) is 18.6 Å². The van der Waals surface area contributed by atoms with E-state index in [-0.39, 0.29) is 0 Å². The van der Waals surface area contributed by atoms with Crippen LogP contribution >= 0.6 is 0 Å². The van der Waals surface area contributed by atoms with Crippen molar-refractivity contribution in [1.82, 2.24) is 5.43 Å². The van der Waals surface area contributed by atoms with Crippen LogP contribution in [0.5, 0.6) is 0 Å². The molecule has 2 aliphatic carbocycles. The molecule has 1 fully saturated rings. The highest BCUT2D eigenvalue weighted by Gasteiger charge is 2.37. The number of hydrogen-bond acceptors (Lipinski definition) is 2. The minimum Gasteiger partial charge on any atom is -0.277 e. The van der Waals surface area contributed by atoms with Gasteiger partial charge in [0.05, 0.1) is 0 Å². The SMILES string of the molecule is O=CN/N=C1/CC2C=CCC12. The standard InChI is InChI=1S/C8H10N2O/c11-5-9-10-8-4-6-2-1-3-7(6)8/h1-2,5-7H,3-4H2,(H,9,11)/b10-8-. The highest BCUT2D eigenvalue weighted by Crippen LogP contribution is 2.39. The maximum atomic E-state index is 9.91. The molecule has 0 aromatic rings. The number of hydrazone groups is 1. The molecule has 1 N–H and O–H groups in total. The minimum atomic E-state index is 0.599. The molecule has 0 bridgehead atoms. The van der Waals surface area contributed by atoms with E-state index in [2.05, 4.69) is 22.7 Å². The maximum Gasteiger partial charge on any atom is 0.227 e. The Kier molecular flexibility index (Phi) is 1.49. The third kappa shape index (κ3) is 0.964. The number of amides is 1. The van der Waals surface area contributed by atoms with Gasteiger partial charge in [-0.15, -0.1) is 0 Å². The van der Waals surface area contributed by atoms with Gasteiger partial charge in [-0.05, 0) is 18.8 Å². The molecule has 0 radical (unpaired) electrons. The normalized spacial score (nSPS) is 36.5. The molecule has 3 heteroatoms. The van der Waals surface area contributed by atoms with E-state index in [1.165, 1.54) is 0 Å². The maximum absolute atomic E-state index is 9.91. The van der Waals surface area contributed by atoms with Gasteiger partial charge in [0.2, 0.25) is 6.41 Å². The van der Waals surface area contributed by atoms with Crippen LogP contribution in [0.3, 0.4) is 0 Å². The van der Waals surface area contributed by atoms with Crippen LogP contribution in [0.4, 0.5) is 0 Å². The first-order valence-corrected chi connectivity index (χ1v) is 3.84. The summed E-state index contributed by atoms with van der Waals surface area (Å²) in [5.41, 5.74) is 3.49. The van der Waals surface area contributed by atoms with Crippen molar-refractivity contribution in [3.63, 3.8) is 0 Å². The summed E-state index contributed by atoms with van der Waals surface area (Å²) in [4.78, 5) is 9.91. The molecule has 3 nitrogen and oxygen atoms in total. The molecular weight excluding hydrogens is 140 g/mol. The number of carbonyl (C=O) groups is 1. The van der Waals surface area contributed by atoms with Crippen LogP contribution in [0.25, 0.3) is 0 Å². The Morgan fingerprint density at radius 1 is 1.73 bits per heavy atom. The molecule has 0 aromatic carbocycles. The van der Waals surface area contributed by atoms with E-state index < -0.39 is 0 Å². The molecule has 2 aliphatic rings. The fourth-order valence-corrected chi connectivity index (χ4v) is 1.77. The van der Waals surface area contributed by atoms with Crippen molar-refractivity contribution in [1.29, 1.82) is 0 Å². The second kappa shape index (κ2) is 2.49. The Labute approximate surface area is 65.2 Å². The lowest BCUT2D eigenvalue weighted by Gasteiger charge is -2.31. The fraction of sp³-hybridized carbons (Fsp3) is 0.500. The van der Waals surface area contributed by atoms with Gasteiger partial charge in [-0.2, -0.15) is 5.10 Å². The van der Waals surface area contributed by atoms with Crippen LogP contribution in [0.1, 0.15) is 12.8 Å². The highest BCUT2D eigenvalue weighted by molar-refractivity contribution is 5.94. The van der Waals surface area contributed by atoms with Crippen molar-refractivity contribution in [3.8, 4) is 0 Å². The van der Waals surface area contributed by atoms with E-state index >= 15 is 0 Å². The van der Waals surface area contributed by atoms with E-state index in [4.69, 9.17) is 0 Å². The summed E-state index contributed by atoms with van der Waals surface area (Å²) in [6.45, 7) is 0. The van der Waals surface area contributed by atoms with Gasteiger partial charge in [0, 0.05) is 11.6 Å². The van der Waals surface area contributed by atoms with Crippen molar-refractivity contribution in [2.45, 2.75) is 12.8 Å². The molecule has 0 heterocycles. The molecule has 58 valence electrons. The average molecular weight is 150 g/mol. The van der Waals surface area contributed by atoms with Gasteiger partial charge in [-0.3, -0.25) is 4.79 Å². The smallest absolute Gasteiger partial charge is 0.227 e. The third-order valence-electron chi connectivity index (χ3n) is 2.42. The summed E-state index contributed by atoms with van der Waals surface area (Å²) in [5.74, 6) is 1.31. The summed E-state index contributed by atoms with van der Waals surface area (Å²) in [6.07, 6.45) is 7.18. The molecule has 2 atom stereocenters. The van der Waals surface area contributed by atoms with Crippen molar-refractivity contribution < 1.29 is 4.79 Å². The average Bonchev–Trinajstić information content (AvgIpc) is 2.33. The van der Waals surface area contributed by atoms with Gasteiger partial charge in [0.15, 0.2) is 0 Å². The van der Waals surface area contributed by atoms with Gasteiger partial charge in [0.1, 0.15) is 0 Å². The summed E-state index contributed by atoms with van der Waals surface area (Å²) in [5, 5.41) is 3.95. The first kappa shape index (κ1) is 6.58. The molecule has 2 unspecified atom stereocenters. The number of carbonyl (C=O) groups excluding carboxylic acids is 1. The number of hydrogen-bond donors (Lipinski definition) is 1. The lowest BCUT2D eigenvalue weighted by Crippen LogP contribution is -2.34. The van der Waals surface area contributed by atoms with Crippen molar-refractivity contribution in [3.05, 3.63) is 12.2 Å². The van der Waals surface area contributed by atoms with Gasteiger partial charge in [-0.1, -0.05) is 12.2 Å². The highest BCUT2D eigenvalue weighted by atomic mass is 16.1. The van der Waals surface area contributed by atoms with Gasteiger partial charge in [0.25, 0.3) is 0 Å². The molecular formula is C8H10N2O. The molecule has 0 aliphatic heterocycles. The second-order valence-corrected chi connectivity index (χ2v) is 2.99. The lowest BCUT2D eigenvalue weighted by molar-refractivity contribution is -0.109. The van der Waals surface area contributed by atoms with E-state index in [0.29, 0.717) is 18.2 Å². The third-order valence-corrected chi connectivity index (χ3v) is 2.42. The Balaban J connectivity index is 1.96. The largest absolute Gasteiger partial charge is 0.277 e. The number of nitrogens with one attached hydrogen (secondary N) is 1. The van der Waals surface area contributed by atoms with Crippen molar-refractivity contribution in [2.24, 2.45) is 16.9 Å². The molecule has 1 amide bonds. The zero-order valence-electron chi connectivity index (χ0n) is 6.16. The topological polar surface area (TPSA) is 41.5 Å². The Hall–Kier alpha value is -1.12. The van der Waals surface area contributed by atoms with Crippen LogP contribution in [0.2, 0.25) is 0 Å². The molecule has 2 rings (SSSR count). The number of fused-ring (bicyclic) bond motifs is 1. The van der Waals surface area contributed by atoms with Gasteiger partial charge >= 0.3 is 0 Å².